The first-order chi connectivity index (χ1) is 24.3. The molecule has 234 valence electrons. The van der Waals surface area contributed by atoms with Gasteiger partial charge in [-0.1, -0.05) is 103 Å². The van der Waals surface area contributed by atoms with E-state index in [1.165, 1.54) is 22.3 Å². The fourth-order valence-corrected chi connectivity index (χ4v) is 6.52. The fourth-order valence-electron chi connectivity index (χ4n) is 6.52. The summed E-state index contributed by atoms with van der Waals surface area (Å²) in [5, 5.41) is 0. The molecule has 2 heterocycles. The van der Waals surface area contributed by atoms with Crippen molar-refractivity contribution in [2.75, 3.05) is 4.90 Å². The van der Waals surface area contributed by atoms with Crippen LogP contribution in [0.3, 0.4) is 0 Å². The molecule has 1 aliphatic rings. The second-order valence-electron chi connectivity index (χ2n) is 12.2. The van der Waals surface area contributed by atoms with Gasteiger partial charge in [-0.25, -0.2) is 0 Å². The van der Waals surface area contributed by atoms with E-state index in [0.717, 1.165) is 63.5 Å². The average molecular weight is 630 g/mol. The zero-order valence-electron chi connectivity index (χ0n) is 27.2. The van der Waals surface area contributed by atoms with Crippen molar-refractivity contribution in [1.29, 1.82) is 0 Å². The highest BCUT2D eigenvalue weighted by atomic mass is 15.1. The molecule has 0 spiro atoms. The van der Waals surface area contributed by atoms with Crippen LogP contribution in [0.1, 0.15) is 18.4 Å². The van der Waals surface area contributed by atoms with E-state index in [1.807, 2.05) is 30.6 Å². The maximum atomic E-state index is 4.77. The van der Waals surface area contributed by atoms with Crippen LogP contribution in [0.25, 0.3) is 50.3 Å². The molecule has 1 aliphatic carbocycles. The zero-order valence-corrected chi connectivity index (χ0v) is 27.2. The highest BCUT2D eigenvalue weighted by Crippen LogP contribution is 2.42. The van der Waals surface area contributed by atoms with Crippen LogP contribution in [0.15, 0.2) is 188 Å². The Bertz CT molecular complexity index is 2180. The predicted molar refractivity (Wildman–Crippen MR) is 205 cm³/mol. The number of hydrogen-bond acceptors (Lipinski definition) is 3. The molecular weight excluding hydrogens is 595 g/mol. The lowest BCUT2D eigenvalue weighted by molar-refractivity contribution is 1.04. The molecule has 0 radical (unpaired) electrons. The molecule has 0 fully saturated rings. The van der Waals surface area contributed by atoms with Crippen LogP contribution >= 0.6 is 0 Å². The molecule has 7 aromatic rings. The first-order valence-electron chi connectivity index (χ1n) is 16.8. The molecule has 3 nitrogen and oxygen atoms in total. The molecule has 0 unspecified atom stereocenters. The van der Waals surface area contributed by atoms with E-state index in [-0.39, 0.29) is 0 Å². The van der Waals surface area contributed by atoms with Crippen molar-refractivity contribution >= 4 is 22.6 Å². The third kappa shape index (κ3) is 6.60. The largest absolute Gasteiger partial charge is 0.310 e. The summed E-state index contributed by atoms with van der Waals surface area (Å²) in [6.07, 6.45) is 12.7. The Morgan fingerprint density at radius 1 is 0.388 bits per heavy atom. The molecule has 0 aliphatic heterocycles. The van der Waals surface area contributed by atoms with Crippen molar-refractivity contribution < 1.29 is 0 Å². The molecule has 0 N–H and O–H groups in total. The molecule has 5 aromatic carbocycles. The van der Waals surface area contributed by atoms with Crippen LogP contribution in [0.4, 0.5) is 17.1 Å². The van der Waals surface area contributed by atoms with E-state index in [2.05, 4.69) is 163 Å². The smallest absolute Gasteiger partial charge is 0.0702 e. The van der Waals surface area contributed by atoms with Gasteiger partial charge in [0.2, 0.25) is 0 Å². The quantitative estimate of drug-likeness (QED) is 0.167. The predicted octanol–water partition coefficient (Wildman–Crippen LogP) is 12.3. The van der Waals surface area contributed by atoms with Crippen molar-refractivity contribution in [3.05, 3.63) is 194 Å². The first kappa shape index (κ1) is 30.0. The molecule has 49 heavy (non-hydrogen) atoms. The molecule has 0 saturated heterocycles. The average Bonchev–Trinajstić information content (AvgIpc) is 3.20. The lowest BCUT2D eigenvalue weighted by Crippen LogP contribution is -2.11. The zero-order chi connectivity index (χ0) is 32.8. The summed E-state index contributed by atoms with van der Waals surface area (Å²) < 4.78 is 0. The summed E-state index contributed by atoms with van der Waals surface area (Å²) in [4.78, 5) is 11.9. The molecule has 3 heteroatoms. The number of nitrogens with zero attached hydrogens (tertiary/aromatic N) is 3. The van der Waals surface area contributed by atoms with E-state index in [1.54, 1.807) is 0 Å². The van der Waals surface area contributed by atoms with E-state index in [9.17, 15) is 0 Å². The van der Waals surface area contributed by atoms with Gasteiger partial charge in [-0.2, -0.15) is 0 Å². The van der Waals surface area contributed by atoms with Crippen molar-refractivity contribution in [3.8, 4) is 44.8 Å². The van der Waals surface area contributed by atoms with Crippen LogP contribution in [0.5, 0.6) is 0 Å². The van der Waals surface area contributed by atoms with Gasteiger partial charge >= 0.3 is 0 Å². The summed E-state index contributed by atoms with van der Waals surface area (Å²) in [6.45, 7) is 0. The van der Waals surface area contributed by atoms with Crippen molar-refractivity contribution in [2.24, 2.45) is 0 Å². The molecule has 2 aromatic heterocycles. The Morgan fingerprint density at radius 3 is 1.45 bits per heavy atom. The number of aromatic nitrogens is 2. The number of benzene rings is 5. The maximum Gasteiger partial charge on any atom is 0.0702 e. The molecule has 0 amide bonds. The Kier molecular flexibility index (Phi) is 8.46. The van der Waals surface area contributed by atoms with Gasteiger partial charge in [-0.3, -0.25) is 9.97 Å². The van der Waals surface area contributed by atoms with Crippen LogP contribution in [0.2, 0.25) is 0 Å². The van der Waals surface area contributed by atoms with E-state index in [4.69, 9.17) is 9.97 Å². The summed E-state index contributed by atoms with van der Waals surface area (Å²) in [5.74, 6) is 0. The number of rotatable bonds is 8. The summed E-state index contributed by atoms with van der Waals surface area (Å²) in [5.41, 5.74) is 14.2. The minimum atomic E-state index is 0.932. The molecule has 8 rings (SSSR count). The topological polar surface area (TPSA) is 29.0 Å². The third-order valence-corrected chi connectivity index (χ3v) is 8.94. The highest BCUT2D eigenvalue weighted by Gasteiger charge is 2.19. The Labute approximate surface area is 288 Å². The highest BCUT2D eigenvalue weighted by molar-refractivity contribution is 5.89. The number of hydrogen-bond donors (Lipinski definition) is 0. The normalized spacial score (nSPS) is 12.4. The van der Waals surface area contributed by atoms with Crippen molar-refractivity contribution in [1.82, 2.24) is 9.97 Å². The van der Waals surface area contributed by atoms with Gasteiger partial charge < -0.3 is 4.90 Å². The van der Waals surface area contributed by atoms with Crippen LogP contribution < -0.4 is 4.90 Å². The standard InChI is InChI=1S/C46H35N3/c1-4-14-34(15-5-1)37-22-24-42(25-23-37)49(43-30-38(35-16-6-2-7-17-35)28-40(32-43)45-20-10-12-26-47-45)44-31-39(36-18-8-3-9-19-36)29-41(33-44)46-21-11-13-27-48-46/h1-2,4-8,10-33H,3,9H2. The number of allylic oxidation sites excluding steroid dienone is 4. The maximum absolute atomic E-state index is 4.77. The van der Waals surface area contributed by atoms with Gasteiger partial charge in [0.25, 0.3) is 0 Å². The van der Waals surface area contributed by atoms with E-state index >= 15 is 0 Å². The van der Waals surface area contributed by atoms with Crippen LogP contribution in [0, 0.1) is 0 Å². The van der Waals surface area contributed by atoms with Crippen LogP contribution in [-0.4, -0.2) is 9.97 Å². The second kappa shape index (κ2) is 13.8. The summed E-state index contributed by atoms with van der Waals surface area (Å²) in [6, 6.07) is 55.8. The monoisotopic (exact) mass is 629 g/mol. The first-order valence-corrected chi connectivity index (χ1v) is 16.8. The van der Waals surface area contributed by atoms with Gasteiger partial charge in [0.05, 0.1) is 11.4 Å². The Hall–Kier alpha value is -6.32. The minimum absolute atomic E-state index is 0.932. The van der Waals surface area contributed by atoms with Gasteiger partial charge in [0.15, 0.2) is 0 Å². The Balaban J connectivity index is 1.37. The molecular formula is C46H35N3. The number of anilines is 3. The molecule has 0 atom stereocenters. The number of pyridine rings is 2. The molecule has 0 bridgehead atoms. The summed E-state index contributed by atoms with van der Waals surface area (Å²) in [7, 11) is 0. The van der Waals surface area contributed by atoms with E-state index < -0.39 is 0 Å². The molecule has 0 saturated carbocycles. The van der Waals surface area contributed by atoms with Gasteiger partial charge in [-0.05, 0) is 119 Å². The van der Waals surface area contributed by atoms with Crippen molar-refractivity contribution in [2.45, 2.75) is 12.8 Å². The van der Waals surface area contributed by atoms with Crippen LogP contribution in [-0.2, 0) is 0 Å². The lowest BCUT2D eigenvalue weighted by atomic mass is 9.95. The van der Waals surface area contributed by atoms with Crippen molar-refractivity contribution in [3.63, 3.8) is 0 Å². The fraction of sp³-hybridized carbons (Fsp3) is 0.0435. The van der Waals surface area contributed by atoms with E-state index in [0.29, 0.717) is 0 Å². The van der Waals surface area contributed by atoms with Gasteiger partial charge in [0, 0.05) is 40.6 Å². The Morgan fingerprint density at radius 2 is 0.898 bits per heavy atom. The third-order valence-electron chi connectivity index (χ3n) is 8.94. The summed E-state index contributed by atoms with van der Waals surface area (Å²) >= 11 is 0. The second-order valence-corrected chi connectivity index (χ2v) is 12.2. The minimum Gasteiger partial charge on any atom is -0.310 e. The lowest BCUT2D eigenvalue weighted by Gasteiger charge is -2.28. The van der Waals surface area contributed by atoms with Gasteiger partial charge in [-0.15, -0.1) is 0 Å². The SMILES string of the molecule is C1=CC(c2cc(-c3ccccn3)cc(N(c3ccc(-c4ccccc4)cc3)c3cc(-c4ccccc4)cc(-c4ccccn4)c3)c2)=CCC1. The van der Waals surface area contributed by atoms with Gasteiger partial charge in [0.1, 0.15) is 0 Å².